The molecule has 2 aliphatic heterocycles. The van der Waals surface area contributed by atoms with E-state index in [0.717, 1.165) is 45.2 Å². The maximum Gasteiger partial charge on any atom is 0.242 e. The Morgan fingerprint density at radius 2 is 2.17 bits per heavy atom. The molecule has 0 unspecified atom stereocenters. The topological polar surface area (TPSA) is 79.3 Å². The Hall–Kier alpha value is -1.89. The fraction of sp³-hybridized carbons (Fsp3) is 0.706. The molecule has 1 aromatic heterocycles. The summed E-state index contributed by atoms with van der Waals surface area (Å²) in [5, 5.41) is 10.1. The molecule has 132 valence electrons. The van der Waals surface area contributed by atoms with Crippen molar-refractivity contribution < 1.29 is 9.59 Å². The number of piperidine rings is 1. The van der Waals surface area contributed by atoms with Crippen molar-refractivity contribution in [1.29, 1.82) is 0 Å². The molecule has 0 bridgehead atoms. The van der Waals surface area contributed by atoms with Crippen molar-refractivity contribution in [3.8, 4) is 0 Å². The molecule has 2 atom stereocenters. The second kappa shape index (κ2) is 8.28. The number of likely N-dealkylation sites (tertiary alicyclic amines) is 1. The van der Waals surface area contributed by atoms with Crippen molar-refractivity contribution in [2.75, 3.05) is 19.6 Å². The molecule has 7 heteroatoms. The summed E-state index contributed by atoms with van der Waals surface area (Å²) in [6.07, 6.45) is 9.81. The SMILES string of the molecule is O=C(CN1CCCC[C@@H]1Cn1cccn1)N[C@@H]1CCCCNC1=O. The Morgan fingerprint density at radius 3 is 3.00 bits per heavy atom. The van der Waals surface area contributed by atoms with Gasteiger partial charge in [0.1, 0.15) is 6.04 Å². The third kappa shape index (κ3) is 4.56. The Labute approximate surface area is 142 Å². The van der Waals surface area contributed by atoms with Gasteiger partial charge in [-0.2, -0.15) is 5.10 Å². The molecule has 3 rings (SSSR count). The molecule has 0 aromatic carbocycles. The van der Waals surface area contributed by atoms with Gasteiger partial charge in [-0.3, -0.25) is 19.2 Å². The summed E-state index contributed by atoms with van der Waals surface area (Å²) in [7, 11) is 0. The van der Waals surface area contributed by atoms with Crippen molar-refractivity contribution in [3.05, 3.63) is 18.5 Å². The maximum atomic E-state index is 12.4. The van der Waals surface area contributed by atoms with E-state index in [2.05, 4.69) is 20.6 Å². The van der Waals surface area contributed by atoms with Crippen LogP contribution in [-0.4, -0.2) is 58.2 Å². The van der Waals surface area contributed by atoms with Gasteiger partial charge in [-0.25, -0.2) is 0 Å². The molecule has 2 N–H and O–H groups in total. The van der Waals surface area contributed by atoms with E-state index in [0.29, 0.717) is 19.1 Å². The maximum absolute atomic E-state index is 12.4. The van der Waals surface area contributed by atoms with Gasteiger partial charge >= 0.3 is 0 Å². The predicted molar refractivity (Wildman–Crippen MR) is 90.2 cm³/mol. The van der Waals surface area contributed by atoms with Crippen LogP contribution in [0.1, 0.15) is 38.5 Å². The van der Waals surface area contributed by atoms with Gasteiger partial charge in [-0.05, 0) is 44.7 Å². The van der Waals surface area contributed by atoms with E-state index in [-0.39, 0.29) is 17.9 Å². The zero-order chi connectivity index (χ0) is 16.8. The molecule has 3 heterocycles. The molecule has 0 radical (unpaired) electrons. The van der Waals surface area contributed by atoms with E-state index in [1.54, 1.807) is 6.20 Å². The number of aromatic nitrogens is 2. The van der Waals surface area contributed by atoms with Crippen LogP contribution in [0, 0.1) is 0 Å². The van der Waals surface area contributed by atoms with Crippen LogP contribution in [-0.2, 0) is 16.1 Å². The largest absolute Gasteiger partial charge is 0.354 e. The second-order valence-electron chi connectivity index (χ2n) is 6.76. The van der Waals surface area contributed by atoms with E-state index in [1.807, 2.05) is 16.9 Å². The lowest BCUT2D eigenvalue weighted by Crippen LogP contribution is -2.51. The summed E-state index contributed by atoms with van der Waals surface area (Å²) in [6.45, 7) is 2.80. The number of hydrogen-bond acceptors (Lipinski definition) is 4. The summed E-state index contributed by atoms with van der Waals surface area (Å²) in [6, 6.07) is 1.87. The molecule has 2 aliphatic rings. The van der Waals surface area contributed by atoms with E-state index in [4.69, 9.17) is 0 Å². The number of rotatable bonds is 5. The van der Waals surface area contributed by atoms with Gasteiger partial charge in [0.25, 0.3) is 0 Å². The minimum absolute atomic E-state index is 0.0485. The highest BCUT2D eigenvalue weighted by molar-refractivity contribution is 5.88. The van der Waals surface area contributed by atoms with Crippen LogP contribution in [0.5, 0.6) is 0 Å². The fourth-order valence-electron chi connectivity index (χ4n) is 3.60. The summed E-state index contributed by atoms with van der Waals surface area (Å²) in [5.74, 6) is -0.1000. The first-order chi connectivity index (χ1) is 11.7. The first-order valence-electron chi connectivity index (χ1n) is 9.01. The zero-order valence-electron chi connectivity index (χ0n) is 14.1. The highest BCUT2D eigenvalue weighted by Crippen LogP contribution is 2.18. The van der Waals surface area contributed by atoms with Gasteiger partial charge in [0.05, 0.1) is 13.1 Å². The van der Waals surface area contributed by atoms with Crippen LogP contribution in [0.25, 0.3) is 0 Å². The summed E-state index contributed by atoms with van der Waals surface area (Å²) in [5.41, 5.74) is 0. The van der Waals surface area contributed by atoms with Gasteiger partial charge < -0.3 is 10.6 Å². The van der Waals surface area contributed by atoms with Crippen LogP contribution in [0.2, 0.25) is 0 Å². The number of hydrogen-bond donors (Lipinski definition) is 2. The first-order valence-corrected chi connectivity index (χ1v) is 9.01. The minimum atomic E-state index is -0.380. The fourth-order valence-corrected chi connectivity index (χ4v) is 3.60. The molecule has 2 fully saturated rings. The average Bonchev–Trinajstić information content (AvgIpc) is 3.00. The summed E-state index contributed by atoms with van der Waals surface area (Å²) in [4.78, 5) is 26.6. The van der Waals surface area contributed by atoms with E-state index in [9.17, 15) is 9.59 Å². The number of carbonyl (C=O) groups is 2. The Kier molecular flexibility index (Phi) is 5.85. The van der Waals surface area contributed by atoms with Crippen LogP contribution in [0.4, 0.5) is 0 Å². The number of carbonyl (C=O) groups excluding carboxylic acids is 2. The second-order valence-corrected chi connectivity index (χ2v) is 6.76. The molecule has 24 heavy (non-hydrogen) atoms. The van der Waals surface area contributed by atoms with Crippen LogP contribution >= 0.6 is 0 Å². The molecule has 0 spiro atoms. The van der Waals surface area contributed by atoms with Crippen molar-refractivity contribution in [2.45, 2.75) is 57.2 Å². The van der Waals surface area contributed by atoms with Gasteiger partial charge in [-0.1, -0.05) is 6.42 Å². The summed E-state index contributed by atoms with van der Waals surface area (Å²) < 4.78 is 1.93. The van der Waals surface area contributed by atoms with Crippen molar-refractivity contribution in [2.24, 2.45) is 0 Å². The standard InChI is InChI=1S/C17H27N5O2/c23-16(20-15-7-1-3-8-18-17(15)24)13-21-10-4-2-6-14(21)12-22-11-5-9-19-22/h5,9,11,14-15H,1-4,6-8,10,12-13H2,(H,18,24)(H,20,23)/t14-,15-/m1/s1. The Bertz CT molecular complexity index is 545. The number of nitrogens with one attached hydrogen (secondary N) is 2. The van der Waals surface area contributed by atoms with Gasteiger partial charge in [0.15, 0.2) is 0 Å². The molecular formula is C17H27N5O2. The van der Waals surface area contributed by atoms with Crippen LogP contribution < -0.4 is 10.6 Å². The van der Waals surface area contributed by atoms with E-state index in [1.165, 1.54) is 6.42 Å². The monoisotopic (exact) mass is 333 g/mol. The lowest BCUT2D eigenvalue weighted by Gasteiger charge is -2.35. The van der Waals surface area contributed by atoms with Gasteiger partial charge in [-0.15, -0.1) is 0 Å². The molecule has 7 nitrogen and oxygen atoms in total. The lowest BCUT2D eigenvalue weighted by atomic mass is 10.0. The average molecular weight is 333 g/mol. The molecule has 1 aromatic rings. The molecule has 2 amide bonds. The quantitative estimate of drug-likeness (QED) is 0.823. The predicted octanol–water partition coefficient (Wildman–Crippen LogP) is 0.523. The molecule has 2 saturated heterocycles. The summed E-state index contributed by atoms with van der Waals surface area (Å²) >= 11 is 0. The molecule has 0 aliphatic carbocycles. The van der Waals surface area contributed by atoms with E-state index >= 15 is 0 Å². The first kappa shape index (κ1) is 17.0. The number of amides is 2. The van der Waals surface area contributed by atoms with Crippen molar-refractivity contribution in [3.63, 3.8) is 0 Å². The van der Waals surface area contributed by atoms with Crippen molar-refractivity contribution >= 4 is 11.8 Å². The third-order valence-electron chi connectivity index (χ3n) is 4.92. The van der Waals surface area contributed by atoms with Crippen LogP contribution in [0.15, 0.2) is 18.5 Å². The smallest absolute Gasteiger partial charge is 0.242 e. The third-order valence-corrected chi connectivity index (χ3v) is 4.92. The van der Waals surface area contributed by atoms with Gasteiger partial charge in [0, 0.05) is 25.0 Å². The molecular weight excluding hydrogens is 306 g/mol. The zero-order valence-corrected chi connectivity index (χ0v) is 14.1. The van der Waals surface area contributed by atoms with Crippen LogP contribution in [0.3, 0.4) is 0 Å². The van der Waals surface area contributed by atoms with Crippen molar-refractivity contribution in [1.82, 2.24) is 25.3 Å². The minimum Gasteiger partial charge on any atom is -0.354 e. The highest BCUT2D eigenvalue weighted by Gasteiger charge is 2.27. The Morgan fingerprint density at radius 1 is 1.29 bits per heavy atom. The Balaban J connectivity index is 1.54. The lowest BCUT2D eigenvalue weighted by molar-refractivity contribution is -0.130. The highest BCUT2D eigenvalue weighted by atomic mass is 16.2. The normalized spacial score (nSPS) is 25.8. The number of nitrogens with zero attached hydrogens (tertiary/aromatic N) is 3. The molecule has 0 saturated carbocycles. The van der Waals surface area contributed by atoms with Gasteiger partial charge in [0.2, 0.25) is 11.8 Å². The van der Waals surface area contributed by atoms with E-state index < -0.39 is 0 Å².